The normalized spacial score (nSPS) is 25.4. The molecule has 0 aliphatic carbocycles. The third-order valence-corrected chi connectivity index (χ3v) is 3.75. The first-order valence-corrected chi connectivity index (χ1v) is 6.55. The van der Waals surface area contributed by atoms with Crippen LogP contribution in [0.1, 0.15) is 19.8 Å². The van der Waals surface area contributed by atoms with Gasteiger partial charge in [-0.15, -0.1) is 0 Å². The highest BCUT2D eigenvalue weighted by Gasteiger charge is 2.46. The van der Waals surface area contributed by atoms with Crippen LogP contribution in [0.4, 0.5) is 0 Å². The first kappa shape index (κ1) is 13.3. The SMILES string of the molecule is CCN1CCC2(CC1)NC(=NCCOC)NC2=O. The van der Waals surface area contributed by atoms with Crippen molar-refractivity contribution >= 4 is 11.9 Å². The summed E-state index contributed by atoms with van der Waals surface area (Å²) in [6.07, 6.45) is 1.69. The average molecular weight is 254 g/mol. The maximum atomic E-state index is 12.1. The van der Waals surface area contributed by atoms with Gasteiger partial charge in [0.15, 0.2) is 5.96 Å². The number of carbonyl (C=O) groups is 1. The summed E-state index contributed by atoms with van der Waals surface area (Å²) in [5, 5.41) is 6.10. The molecular weight excluding hydrogens is 232 g/mol. The zero-order valence-corrected chi connectivity index (χ0v) is 11.2. The number of ether oxygens (including phenoxy) is 1. The van der Waals surface area contributed by atoms with Crippen LogP contribution in [0.5, 0.6) is 0 Å². The lowest BCUT2D eigenvalue weighted by molar-refractivity contribution is -0.125. The second kappa shape index (κ2) is 5.67. The van der Waals surface area contributed by atoms with E-state index in [0.717, 1.165) is 32.5 Å². The van der Waals surface area contributed by atoms with Crippen LogP contribution in [0.2, 0.25) is 0 Å². The van der Waals surface area contributed by atoms with Gasteiger partial charge in [-0.2, -0.15) is 0 Å². The van der Waals surface area contributed by atoms with Crippen molar-refractivity contribution in [3.63, 3.8) is 0 Å². The van der Waals surface area contributed by atoms with Crippen molar-refractivity contribution in [2.75, 3.05) is 39.9 Å². The van der Waals surface area contributed by atoms with Gasteiger partial charge in [0.05, 0.1) is 13.2 Å². The zero-order chi connectivity index (χ0) is 13.0. The molecule has 102 valence electrons. The molecule has 1 amide bonds. The lowest BCUT2D eigenvalue weighted by atomic mass is 9.88. The molecule has 0 radical (unpaired) electrons. The maximum Gasteiger partial charge on any atom is 0.252 e. The fourth-order valence-corrected chi connectivity index (χ4v) is 2.47. The van der Waals surface area contributed by atoms with Gasteiger partial charge in [-0.25, -0.2) is 0 Å². The van der Waals surface area contributed by atoms with Gasteiger partial charge in [-0.1, -0.05) is 6.92 Å². The number of guanidine groups is 1. The van der Waals surface area contributed by atoms with Gasteiger partial charge >= 0.3 is 0 Å². The molecular formula is C12H22N4O2. The summed E-state index contributed by atoms with van der Waals surface area (Å²) in [5.41, 5.74) is -0.433. The van der Waals surface area contributed by atoms with Crippen LogP contribution in [0.25, 0.3) is 0 Å². The van der Waals surface area contributed by atoms with Crippen LogP contribution >= 0.6 is 0 Å². The molecule has 1 spiro atoms. The van der Waals surface area contributed by atoms with E-state index in [1.54, 1.807) is 7.11 Å². The maximum absolute atomic E-state index is 12.1. The Kier molecular flexibility index (Phi) is 4.19. The van der Waals surface area contributed by atoms with E-state index in [0.29, 0.717) is 19.1 Å². The van der Waals surface area contributed by atoms with E-state index in [9.17, 15) is 4.79 Å². The second-order valence-electron chi connectivity index (χ2n) is 4.82. The monoisotopic (exact) mass is 254 g/mol. The molecule has 2 rings (SSSR count). The molecule has 0 unspecified atom stereocenters. The van der Waals surface area contributed by atoms with Crippen molar-refractivity contribution < 1.29 is 9.53 Å². The van der Waals surface area contributed by atoms with E-state index in [1.807, 2.05) is 0 Å². The number of nitrogens with one attached hydrogen (secondary N) is 2. The molecule has 0 aromatic carbocycles. The number of rotatable bonds is 4. The van der Waals surface area contributed by atoms with Crippen molar-refractivity contribution in [3.05, 3.63) is 0 Å². The number of piperidine rings is 1. The summed E-state index contributed by atoms with van der Waals surface area (Å²) in [5.74, 6) is 0.663. The molecule has 0 atom stereocenters. The molecule has 2 fully saturated rings. The first-order valence-electron chi connectivity index (χ1n) is 6.55. The Morgan fingerprint density at radius 3 is 2.78 bits per heavy atom. The quantitative estimate of drug-likeness (QED) is 0.668. The van der Waals surface area contributed by atoms with Crippen LogP contribution in [-0.2, 0) is 9.53 Å². The second-order valence-corrected chi connectivity index (χ2v) is 4.82. The van der Waals surface area contributed by atoms with E-state index in [4.69, 9.17) is 4.74 Å². The Morgan fingerprint density at radius 2 is 2.17 bits per heavy atom. The van der Waals surface area contributed by atoms with Crippen LogP contribution in [-0.4, -0.2) is 62.2 Å². The minimum absolute atomic E-state index is 0.0643. The lowest BCUT2D eigenvalue weighted by Gasteiger charge is -2.36. The molecule has 0 saturated carbocycles. The molecule has 2 aliphatic heterocycles. The number of amides is 1. The van der Waals surface area contributed by atoms with Crippen molar-refractivity contribution in [2.24, 2.45) is 4.99 Å². The molecule has 0 bridgehead atoms. The summed E-state index contributed by atoms with van der Waals surface area (Å²) in [7, 11) is 1.64. The summed E-state index contributed by atoms with van der Waals surface area (Å²) < 4.78 is 4.94. The topological polar surface area (TPSA) is 66.0 Å². The molecule has 2 aliphatic rings. The predicted octanol–water partition coefficient (Wildman–Crippen LogP) is -0.437. The van der Waals surface area contributed by atoms with Crippen LogP contribution in [0.3, 0.4) is 0 Å². The highest BCUT2D eigenvalue weighted by atomic mass is 16.5. The minimum Gasteiger partial charge on any atom is -0.383 e. The van der Waals surface area contributed by atoms with Crippen molar-refractivity contribution in [2.45, 2.75) is 25.3 Å². The highest BCUT2D eigenvalue weighted by Crippen LogP contribution is 2.25. The molecule has 0 aromatic rings. The van der Waals surface area contributed by atoms with E-state index in [1.165, 1.54) is 0 Å². The zero-order valence-electron chi connectivity index (χ0n) is 11.2. The van der Waals surface area contributed by atoms with Crippen LogP contribution in [0.15, 0.2) is 4.99 Å². The summed E-state index contributed by atoms with van der Waals surface area (Å²) in [6, 6.07) is 0. The smallest absolute Gasteiger partial charge is 0.252 e. The van der Waals surface area contributed by atoms with E-state index >= 15 is 0 Å². The van der Waals surface area contributed by atoms with E-state index in [2.05, 4.69) is 27.4 Å². The number of nitrogens with zero attached hydrogens (tertiary/aromatic N) is 2. The number of carbonyl (C=O) groups excluding carboxylic acids is 1. The van der Waals surface area contributed by atoms with Gasteiger partial charge in [-0.3, -0.25) is 15.1 Å². The fraction of sp³-hybridized carbons (Fsp3) is 0.833. The molecule has 0 aromatic heterocycles. The van der Waals surface area contributed by atoms with E-state index < -0.39 is 5.54 Å². The highest BCUT2D eigenvalue weighted by molar-refractivity contribution is 6.09. The molecule has 2 heterocycles. The average Bonchev–Trinajstić information content (AvgIpc) is 2.68. The number of aliphatic imine (C=N–C) groups is 1. The summed E-state index contributed by atoms with van der Waals surface area (Å²) >= 11 is 0. The number of methoxy groups -OCH3 is 1. The molecule has 18 heavy (non-hydrogen) atoms. The lowest BCUT2D eigenvalue weighted by Crippen LogP contribution is -2.54. The predicted molar refractivity (Wildman–Crippen MR) is 69.5 cm³/mol. The number of hydrogen-bond donors (Lipinski definition) is 2. The van der Waals surface area contributed by atoms with Gasteiger partial charge in [0.2, 0.25) is 0 Å². The molecule has 6 heteroatoms. The Balaban J connectivity index is 1.95. The summed E-state index contributed by atoms with van der Waals surface area (Å²) in [6.45, 7) is 6.25. The van der Waals surface area contributed by atoms with Gasteiger partial charge in [0, 0.05) is 20.2 Å². The van der Waals surface area contributed by atoms with Crippen LogP contribution < -0.4 is 10.6 Å². The van der Waals surface area contributed by atoms with Crippen molar-refractivity contribution in [3.8, 4) is 0 Å². The Bertz CT molecular complexity index is 335. The standard InChI is InChI=1S/C12H22N4O2/c1-3-16-7-4-12(5-8-16)10(17)14-11(15-12)13-6-9-18-2/h3-9H2,1-2H3,(H2,13,14,15,17). The van der Waals surface area contributed by atoms with Crippen LogP contribution in [0, 0.1) is 0 Å². The minimum atomic E-state index is -0.433. The van der Waals surface area contributed by atoms with Gasteiger partial charge in [-0.05, 0) is 19.4 Å². The fourth-order valence-electron chi connectivity index (χ4n) is 2.47. The van der Waals surface area contributed by atoms with Crippen molar-refractivity contribution in [1.82, 2.24) is 15.5 Å². The van der Waals surface area contributed by atoms with Gasteiger partial charge in [0.25, 0.3) is 5.91 Å². The number of hydrogen-bond acceptors (Lipinski definition) is 4. The summed E-state index contributed by atoms with van der Waals surface area (Å²) in [4.78, 5) is 18.7. The van der Waals surface area contributed by atoms with Gasteiger partial charge in [0.1, 0.15) is 5.54 Å². The molecule has 6 nitrogen and oxygen atoms in total. The van der Waals surface area contributed by atoms with E-state index in [-0.39, 0.29) is 5.91 Å². The molecule has 2 N–H and O–H groups in total. The largest absolute Gasteiger partial charge is 0.383 e. The molecule has 2 saturated heterocycles. The Morgan fingerprint density at radius 1 is 1.44 bits per heavy atom. The third-order valence-electron chi connectivity index (χ3n) is 3.75. The van der Waals surface area contributed by atoms with Gasteiger partial charge < -0.3 is 15.0 Å². The Labute approximate surface area is 108 Å². The first-order chi connectivity index (χ1) is 8.70. The van der Waals surface area contributed by atoms with Crippen molar-refractivity contribution in [1.29, 1.82) is 0 Å². The number of likely N-dealkylation sites (tertiary alicyclic amines) is 1. The Hall–Kier alpha value is -1.14. The third kappa shape index (κ3) is 2.64.